The average Bonchev–Trinajstić information content (AvgIpc) is 3.09. The lowest BCUT2D eigenvalue weighted by Crippen LogP contribution is -2.38. The van der Waals surface area contributed by atoms with Crippen LogP contribution in [0.1, 0.15) is 41.2 Å². The molecule has 0 saturated heterocycles. The number of rotatable bonds is 7. The van der Waals surface area contributed by atoms with E-state index in [9.17, 15) is 14.4 Å². The van der Waals surface area contributed by atoms with E-state index in [0.29, 0.717) is 11.3 Å². The maximum Gasteiger partial charge on any atom is 0.305 e. The van der Waals surface area contributed by atoms with E-state index >= 15 is 0 Å². The SMILES string of the molecule is CC(C)N(CCC(=O)O)C(=O)c1cccc(NC(=O)c2ccco2)c1. The van der Waals surface area contributed by atoms with Crippen LogP contribution in [0.15, 0.2) is 47.1 Å². The zero-order valence-electron chi connectivity index (χ0n) is 14.1. The fraction of sp³-hybridized carbons (Fsp3) is 0.278. The van der Waals surface area contributed by atoms with Crippen LogP contribution in [0.4, 0.5) is 5.69 Å². The Morgan fingerprint density at radius 2 is 1.96 bits per heavy atom. The number of furan rings is 1. The summed E-state index contributed by atoms with van der Waals surface area (Å²) in [5.74, 6) is -1.49. The number of benzene rings is 1. The highest BCUT2D eigenvalue weighted by Crippen LogP contribution is 2.16. The molecule has 2 N–H and O–H groups in total. The normalized spacial score (nSPS) is 10.5. The van der Waals surface area contributed by atoms with Gasteiger partial charge in [-0.05, 0) is 44.2 Å². The Balaban J connectivity index is 2.14. The predicted molar refractivity (Wildman–Crippen MR) is 91.5 cm³/mol. The largest absolute Gasteiger partial charge is 0.481 e. The molecule has 7 heteroatoms. The minimum Gasteiger partial charge on any atom is -0.481 e. The van der Waals surface area contributed by atoms with Gasteiger partial charge in [0.1, 0.15) is 0 Å². The zero-order valence-corrected chi connectivity index (χ0v) is 14.1. The highest BCUT2D eigenvalue weighted by atomic mass is 16.4. The quantitative estimate of drug-likeness (QED) is 0.804. The van der Waals surface area contributed by atoms with Crippen LogP contribution in [0, 0.1) is 0 Å². The molecule has 0 spiro atoms. The number of carboxylic acids is 1. The van der Waals surface area contributed by atoms with E-state index in [1.54, 1.807) is 30.3 Å². The second-order valence-corrected chi connectivity index (χ2v) is 5.75. The summed E-state index contributed by atoms with van der Waals surface area (Å²) in [4.78, 5) is 36.9. The maximum absolute atomic E-state index is 12.7. The molecule has 25 heavy (non-hydrogen) atoms. The predicted octanol–water partition coefficient (Wildman–Crippen LogP) is 2.86. The third kappa shape index (κ3) is 4.94. The molecule has 132 valence electrons. The smallest absolute Gasteiger partial charge is 0.305 e. The molecule has 1 aromatic carbocycles. The molecule has 0 atom stereocenters. The number of hydrogen-bond donors (Lipinski definition) is 2. The summed E-state index contributed by atoms with van der Waals surface area (Å²) in [6.07, 6.45) is 1.27. The second kappa shape index (κ2) is 8.14. The Hall–Kier alpha value is -3.09. The molecular formula is C18H20N2O5. The number of carbonyl (C=O) groups is 3. The first-order valence-corrected chi connectivity index (χ1v) is 7.86. The van der Waals surface area contributed by atoms with E-state index in [2.05, 4.69) is 5.32 Å². The van der Waals surface area contributed by atoms with Crippen LogP contribution in [-0.2, 0) is 4.79 Å². The van der Waals surface area contributed by atoms with Crippen molar-refractivity contribution in [3.8, 4) is 0 Å². The molecule has 2 rings (SSSR count). The highest BCUT2D eigenvalue weighted by molar-refractivity contribution is 6.03. The molecule has 1 aromatic heterocycles. The summed E-state index contributed by atoms with van der Waals surface area (Å²) in [6.45, 7) is 3.76. The van der Waals surface area contributed by atoms with Gasteiger partial charge >= 0.3 is 5.97 Å². The number of nitrogens with one attached hydrogen (secondary N) is 1. The van der Waals surface area contributed by atoms with Crippen molar-refractivity contribution in [2.24, 2.45) is 0 Å². The van der Waals surface area contributed by atoms with E-state index in [-0.39, 0.29) is 30.7 Å². The minimum atomic E-state index is -0.960. The van der Waals surface area contributed by atoms with Gasteiger partial charge in [-0.25, -0.2) is 0 Å². The summed E-state index contributed by atoms with van der Waals surface area (Å²) in [5.41, 5.74) is 0.825. The van der Waals surface area contributed by atoms with Crippen LogP contribution in [0.3, 0.4) is 0 Å². The number of carboxylic acid groups (broad SMARTS) is 1. The van der Waals surface area contributed by atoms with E-state index in [1.807, 2.05) is 13.8 Å². The van der Waals surface area contributed by atoms with Gasteiger partial charge in [-0.3, -0.25) is 14.4 Å². The number of nitrogens with zero attached hydrogens (tertiary/aromatic N) is 1. The van der Waals surface area contributed by atoms with Gasteiger partial charge in [-0.15, -0.1) is 0 Å². The van der Waals surface area contributed by atoms with Crippen molar-refractivity contribution in [1.82, 2.24) is 4.90 Å². The summed E-state index contributed by atoms with van der Waals surface area (Å²) >= 11 is 0. The lowest BCUT2D eigenvalue weighted by atomic mass is 10.1. The molecule has 0 radical (unpaired) electrons. The standard InChI is InChI=1S/C18H20N2O5/c1-12(2)20(9-8-16(21)22)18(24)13-5-3-6-14(11-13)19-17(23)15-7-4-10-25-15/h3-7,10-12H,8-9H2,1-2H3,(H,19,23)(H,21,22). The van der Waals surface area contributed by atoms with Gasteiger partial charge in [-0.2, -0.15) is 0 Å². The van der Waals surface area contributed by atoms with Crippen molar-refractivity contribution < 1.29 is 23.9 Å². The van der Waals surface area contributed by atoms with Gasteiger partial charge in [0.05, 0.1) is 12.7 Å². The summed E-state index contributed by atoms with van der Waals surface area (Å²) < 4.78 is 5.03. The highest BCUT2D eigenvalue weighted by Gasteiger charge is 2.20. The van der Waals surface area contributed by atoms with Crippen LogP contribution in [0.25, 0.3) is 0 Å². The molecule has 0 fully saturated rings. The van der Waals surface area contributed by atoms with Gasteiger partial charge < -0.3 is 19.7 Å². The van der Waals surface area contributed by atoms with Crippen molar-refractivity contribution in [2.45, 2.75) is 26.3 Å². The molecule has 2 amide bonds. The molecular weight excluding hydrogens is 324 g/mol. The van der Waals surface area contributed by atoms with Crippen molar-refractivity contribution in [2.75, 3.05) is 11.9 Å². The van der Waals surface area contributed by atoms with Crippen LogP contribution in [0.2, 0.25) is 0 Å². The topological polar surface area (TPSA) is 99.9 Å². The third-order valence-electron chi connectivity index (χ3n) is 3.56. The number of anilines is 1. The van der Waals surface area contributed by atoms with E-state index in [1.165, 1.54) is 17.2 Å². The lowest BCUT2D eigenvalue weighted by Gasteiger charge is -2.26. The Kier molecular flexibility index (Phi) is 5.94. The molecule has 7 nitrogen and oxygen atoms in total. The maximum atomic E-state index is 12.7. The third-order valence-corrected chi connectivity index (χ3v) is 3.56. The van der Waals surface area contributed by atoms with Gasteiger partial charge in [0.2, 0.25) is 0 Å². The minimum absolute atomic E-state index is 0.120. The molecule has 0 unspecified atom stereocenters. The Labute approximate surface area is 145 Å². The molecule has 0 saturated carbocycles. The van der Waals surface area contributed by atoms with Crippen LogP contribution < -0.4 is 5.32 Å². The first-order chi connectivity index (χ1) is 11.9. The second-order valence-electron chi connectivity index (χ2n) is 5.75. The Bertz CT molecular complexity index is 753. The van der Waals surface area contributed by atoms with Crippen LogP contribution >= 0.6 is 0 Å². The summed E-state index contributed by atoms with van der Waals surface area (Å²) in [5, 5.41) is 11.5. The van der Waals surface area contributed by atoms with E-state index in [0.717, 1.165) is 0 Å². The van der Waals surface area contributed by atoms with E-state index in [4.69, 9.17) is 9.52 Å². The zero-order chi connectivity index (χ0) is 18.4. The van der Waals surface area contributed by atoms with Gasteiger partial charge in [0.15, 0.2) is 5.76 Å². The van der Waals surface area contributed by atoms with Crippen molar-refractivity contribution in [3.63, 3.8) is 0 Å². The number of aliphatic carboxylic acids is 1. The van der Waals surface area contributed by atoms with Crippen molar-refractivity contribution >= 4 is 23.5 Å². The Morgan fingerprint density at radius 3 is 2.56 bits per heavy atom. The average molecular weight is 344 g/mol. The summed E-state index contributed by atoms with van der Waals surface area (Å²) in [7, 11) is 0. The van der Waals surface area contributed by atoms with Crippen molar-refractivity contribution in [3.05, 3.63) is 54.0 Å². The van der Waals surface area contributed by atoms with Crippen LogP contribution in [0.5, 0.6) is 0 Å². The lowest BCUT2D eigenvalue weighted by molar-refractivity contribution is -0.137. The fourth-order valence-corrected chi connectivity index (χ4v) is 2.31. The molecule has 2 aromatic rings. The first kappa shape index (κ1) is 18.3. The fourth-order valence-electron chi connectivity index (χ4n) is 2.31. The molecule has 0 bridgehead atoms. The first-order valence-electron chi connectivity index (χ1n) is 7.86. The summed E-state index contributed by atoms with van der Waals surface area (Å²) in [6, 6.07) is 9.50. The monoisotopic (exact) mass is 344 g/mol. The van der Waals surface area contributed by atoms with E-state index < -0.39 is 11.9 Å². The molecule has 0 aliphatic rings. The van der Waals surface area contributed by atoms with Gasteiger partial charge in [-0.1, -0.05) is 6.07 Å². The van der Waals surface area contributed by atoms with Crippen LogP contribution in [-0.4, -0.2) is 40.4 Å². The van der Waals surface area contributed by atoms with Gasteiger partial charge in [0.25, 0.3) is 11.8 Å². The number of amides is 2. The molecule has 1 heterocycles. The van der Waals surface area contributed by atoms with Gasteiger partial charge in [0, 0.05) is 23.8 Å². The number of hydrogen-bond acceptors (Lipinski definition) is 4. The molecule has 0 aliphatic heterocycles. The number of carbonyl (C=O) groups excluding carboxylic acids is 2. The Morgan fingerprint density at radius 1 is 1.20 bits per heavy atom. The molecule has 0 aliphatic carbocycles. The van der Waals surface area contributed by atoms with Crippen molar-refractivity contribution in [1.29, 1.82) is 0 Å².